The van der Waals surface area contributed by atoms with Crippen LogP contribution in [0.25, 0.3) is 0 Å². The Hall–Kier alpha value is -2.62. The lowest BCUT2D eigenvalue weighted by Gasteiger charge is -2.16. The quantitative estimate of drug-likeness (QED) is 0.662. The molecule has 0 aliphatic rings. The summed E-state index contributed by atoms with van der Waals surface area (Å²) in [7, 11) is 1.59. The first-order valence-electron chi connectivity index (χ1n) is 5.96. The molecular weight excluding hydrogens is 238 g/mol. The largest absolute Gasteiger partial charge is 0.340 e. The lowest BCUT2D eigenvalue weighted by Crippen LogP contribution is -2.37. The average Bonchev–Trinajstić information content (AvgIpc) is 2.49. The number of hydrogen-bond donors (Lipinski definition) is 1. The smallest absolute Gasteiger partial charge is 0.326 e. The molecule has 2 aromatic rings. The molecule has 0 aliphatic heterocycles. The highest BCUT2D eigenvalue weighted by molar-refractivity contribution is 6.07. The maximum Gasteiger partial charge on any atom is 0.326 e. The van der Waals surface area contributed by atoms with Crippen LogP contribution in [0.5, 0.6) is 0 Å². The van der Waals surface area contributed by atoms with E-state index < -0.39 is 0 Å². The zero-order chi connectivity index (χ0) is 13.5. The summed E-state index contributed by atoms with van der Waals surface area (Å²) in [6, 6.07) is 18.6. The fourth-order valence-corrected chi connectivity index (χ4v) is 1.58. The molecule has 0 bridgehead atoms. The topological polar surface area (TPSA) is 44.7 Å². The number of amides is 2. The summed E-state index contributed by atoms with van der Waals surface area (Å²) >= 11 is 0. The molecule has 0 spiro atoms. The van der Waals surface area contributed by atoms with Crippen LogP contribution >= 0.6 is 0 Å². The van der Waals surface area contributed by atoms with Crippen molar-refractivity contribution in [2.24, 2.45) is 4.99 Å². The molecule has 1 N–H and O–H groups in total. The van der Waals surface area contributed by atoms with Crippen LogP contribution in [-0.4, -0.2) is 19.4 Å². The minimum Gasteiger partial charge on any atom is -0.340 e. The number of aliphatic imine (C=N–C) groups is 1. The van der Waals surface area contributed by atoms with Gasteiger partial charge in [0, 0.05) is 7.05 Å². The zero-order valence-electron chi connectivity index (χ0n) is 10.7. The van der Waals surface area contributed by atoms with Crippen LogP contribution in [0, 0.1) is 0 Å². The number of nitrogens with zero attached hydrogens (tertiary/aromatic N) is 2. The minimum absolute atomic E-state index is 0.231. The number of rotatable bonds is 3. The number of para-hydroxylation sites is 2. The average molecular weight is 253 g/mol. The lowest BCUT2D eigenvalue weighted by atomic mass is 10.3. The zero-order valence-corrected chi connectivity index (χ0v) is 10.7. The summed E-state index contributed by atoms with van der Waals surface area (Å²) in [6.45, 7) is 0. The maximum atomic E-state index is 11.9. The third kappa shape index (κ3) is 3.42. The molecule has 19 heavy (non-hydrogen) atoms. The molecule has 0 heterocycles. The van der Waals surface area contributed by atoms with Gasteiger partial charge in [-0.05, 0) is 24.3 Å². The fourth-order valence-electron chi connectivity index (χ4n) is 1.58. The van der Waals surface area contributed by atoms with Crippen molar-refractivity contribution in [2.45, 2.75) is 0 Å². The summed E-state index contributed by atoms with van der Waals surface area (Å²) in [6.07, 6.45) is 1.52. The summed E-state index contributed by atoms with van der Waals surface area (Å²) in [5, 5.41) is 2.60. The standard InChI is InChI=1S/C15H15N3O/c1-16-15(19)18(14-10-6-3-7-11-14)12-17-13-8-4-2-5-9-13/h2-12H,1H3,(H,16,19). The van der Waals surface area contributed by atoms with E-state index in [1.165, 1.54) is 11.2 Å². The van der Waals surface area contributed by atoms with Gasteiger partial charge in [-0.3, -0.25) is 4.90 Å². The van der Waals surface area contributed by atoms with Crippen molar-refractivity contribution < 1.29 is 4.79 Å². The second kappa shape index (κ2) is 6.35. The Morgan fingerprint density at radius 3 is 2.21 bits per heavy atom. The number of benzene rings is 2. The summed E-state index contributed by atoms with van der Waals surface area (Å²) in [5.41, 5.74) is 1.56. The Labute approximate surface area is 112 Å². The van der Waals surface area contributed by atoms with Crippen molar-refractivity contribution in [3.8, 4) is 0 Å². The first kappa shape index (κ1) is 12.8. The van der Waals surface area contributed by atoms with Gasteiger partial charge in [0.2, 0.25) is 0 Å². The van der Waals surface area contributed by atoms with E-state index >= 15 is 0 Å². The van der Waals surface area contributed by atoms with Gasteiger partial charge in [0.25, 0.3) is 0 Å². The molecule has 4 nitrogen and oxygen atoms in total. The van der Waals surface area contributed by atoms with Crippen LogP contribution in [0.1, 0.15) is 0 Å². The third-order valence-corrected chi connectivity index (χ3v) is 2.55. The number of carbonyl (C=O) groups excluding carboxylic acids is 1. The van der Waals surface area contributed by atoms with Gasteiger partial charge in [0.15, 0.2) is 0 Å². The van der Waals surface area contributed by atoms with Crippen LogP contribution < -0.4 is 10.2 Å². The number of nitrogens with one attached hydrogen (secondary N) is 1. The van der Waals surface area contributed by atoms with E-state index in [0.717, 1.165) is 11.4 Å². The number of hydrogen-bond acceptors (Lipinski definition) is 2. The van der Waals surface area contributed by atoms with Crippen LogP contribution in [0.2, 0.25) is 0 Å². The van der Waals surface area contributed by atoms with Crippen molar-refractivity contribution in [3.05, 3.63) is 60.7 Å². The molecule has 0 fully saturated rings. The van der Waals surface area contributed by atoms with Crippen LogP contribution in [0.4, 0.5) is 16.2 Å². The van der Waals surface area contributed by atoms with E-state index in [9.17, 15) is 4.79 Å². The number of carbonyl (C=O) groups is 1. The van der Waals surface area contributed by atoms with Crippen LogP contribution in [-0.2, 0) is 0 Å². The lowest BCUT2D eigenvalue weighted by molar-refractivity contribution is 0.251. The molecule has 0 atom stereocenters. The first-order valence-corrected chi connectivity index (χ1v) is 5.96. The van der Waals surface area contributed by atoms with E-state index in [-0.39, 0.29) is 6.03 Å². The number of urea groups is 1. The summed E-state index contributed by atoms with van der Waals surface area (Å²) < 4.78 is 0. The Kier molecular flexibility index (Phi) is 4.29. The molecule has 0 aliphatic carbocycles. The van der Waals surface area contributed by atoms with Crippen molar-refractivity contribution in [1.29, 1.82) is 0 Å². The van der Waals surface area contributed by atoms with E-state index in [0.29, 0.717) is 0 Å². The molecule has 0 radical (unpaired) electrons. The van der Waals surface area contributed by atoms with Gasteiger partial charge in [-0.25, -0.2) is 9.79 Å². The van der Waals surface area contributed by atoms with Crippen LogP contribution in [0.3, 0.4) is 0 Å². The van der Waals surface area contributed by atoms with Gasteiger partial charge in [0.1, 0.15) is 6.34 Å². The summed E-state index contributed by atoms with van der Waals surface area (Å²) in [4.78, 5) is 17.6. The molecular formula is C15H15N3O. The van der Waals surface area contributed by atoms with Crippen LogP contribution in [0.15, 0.2) is 65.7 Å². The van der Waals surface area contributed by atoms with Gasteiger partial charge in [-0.15, -0.1) is 0 Å². The monoisotopic (exact) mass is 253 g/mol. The van der Waals surface area contributed by atoms with E-state index in [4.69, 9.17) is 0 Å². The fraction of sp³-hybridized carbons (Fsp3) is 0.0667. The highest BCUT2D eigenvalue weighted by atomic mass is 16.2. The van der Waals surface area contributed by atoms with E-state index in [1.807, 2.05) is 60.7 Å². The summed E-state index contributed by atoms with van der Waals surface area (Å²) in [5.74, 6) is 0. The molecule has 2 rings (SSSR count). The van der Waals surface area contributed by atoms with Crippen molar-refractivity contribution >= 4 is 23.7 Å². The van der Waals surface area contributed by atoms with Crippen molar-refractivity contribution in [2.75, 3.05) is 11.9 Å². The predicted molar refractivity (Wildman–Crippen MR) is 78.0 cm³/mol. The Morgan fingerprint density at radius 1 is 1.05 bits per heavy atom. The molecule has 0 unspecified atom stereocenters. The number of anilines is 1. The second-order valence-corrected chi connectivity index (χ2v) is 3.84. The highest BCUT2D eigenvalue weighted by Crippen LogP contribution is 2.14. The van der Waals surface area contributed by atoms with E-state index in [1.54, 1.807) is 7.05 Å². The van der Waals surface area contributed by atoms with Crippen molar-refractivity contribution in [1.82, 2.24) is 5.32 Å². The maximum absolute atomic E-state index is 11.9. The van der Waals surface area contributed by atoms with Gasteiger partial charge in [0.05, 0.1) is 11.4 Å². The highest BCUT2D eigenvalue weighted by Gasteiger charge is 2.10. The van der Waals surface area contributed by atoms with Gasteiger partial charge in [-0.2, -0.15) is 0 Å². The molecule has 2 aromatic carbocycles. The Morgan fingerprint density at radius 2 is 1.63 bits per heavy atom. The van der Waals surface area contributed by atoms with Gasteiger partial charge in [-0.1, -0.05) is 36.4 Å². The van der Waals surface area contributed by atoms with Gasteiger partial charge >= 0.3 is 6.03 Å². The normalized spacial score (nSPS) is 10.4. The minimum atomic E-state index is -0.231. The molecule has 0 saturated carbocycles. The van der Waals surface area contributed by atoms with E-state index in [2.05, 4.69) is 10.3 Å². The molecule has 96 valence electrons. The Bertz CT molecular complexity index is 552. The third-order valence-electron chi connectivity index (χ3n) is 2.55. The second-order valence-electron chi connectivity index (χ2n) is 3.84. The van der Waals surface area contributed by atoms with Crippen molar-refractivity contribution in [3.63, 3.8) is 0 Å². The molecule has 0 aromatic heterocycles. The predicted octanol–water partition coefficient (Wildman–Crippen LogP) is 3.19. The molecule has 0 saturated heterocycles. The SMILES string of the molecule is CNC(=O)N(C=Nc1ccccc1)c1ccccc1. The first-order chi connectivity index (χ1) is 9.31. The van der Waals surface area contributed by atoms with Gasteiger partial charge < -0.3 is 5.32 Å². The molecule has 2 amide bonds. The Balaban J connectivity index is 2.25. The molecule has 4 heteroatoms.